The molecule has 0 aliphatic heterocycles. The van der Waals surface area contributed by atoms with E-state index >= 15 is 0 Å². The zero-order valence-corrected chi connectivity index (χ0v) is 10.8. The Balaban J connectivity index is 1.97. The van der Waals surface area contributed by atoms with Crippen molar-refractivity contribution in [3.05, 3.63) is 70.5 Å². The molecule has 0 bridgehead atoms. The van der Waals surface area contributed by atoms with Gasteiger partial charge in [0, 0.05) is 18.7 Å². The summed E-state index contributed by atoms with van der Waals surface area (Å²) in [6.07, 6.45) is 0. The number of halogens is 1. The number of hydrogen-bond acceptors (Lipinski definition) is 1. The lowest BCUT2D eigenvalue weighted by molar-refractivity contribution is 0.587. The molecule has 18 heavy (non-hydrogen) atoms. The first-order chi connectivity index (χ1) is 8.68. The molecule has 0 atom stereocenters. The Morgan fingerprint density at radius 2 is 1.56 bits per heavy atom. The van der Waals surface area contributed by atoms with Gasteiger partial charge in [-0.05, 0) is 36.6 Å². The average Bonchev–Trinajstić information content (AvgIpc) is 2.37. The van der Waals surface area contributed by atoms with E-state index in [1.807, 2.05) is 12.1 Å². The van der Waals surface area contributed by atoms with Crippen molar-refractivity contribution in [3.8, 4) is 0 Å². The molecule has 0 fully saturated rings. The molecular weight excluding hydrogens is 225 g/mol. The topological polar surface area (TPSA) is 12.0 Å². The molecule has 0 unspecified atom stereocenters. The zero-order valence-electron chi connectivity index (χ0n) is 10.8. The molecule has 2 aromatic carbocycles. The molecule has 2 aromatic rings. The highest BCUT2D eigenvalue weighted by Crippen LogP contribution is 2.13. The maximum Gasteiger partial charge on any atom is 0.127 e. The van der Waals surface area contributed by atoms with Gasteiger partial charge in [0.2, 0.25) is 0 Å². The van der Waals surface area contributed by atoms with Crippen molar-refractivity contribution >= 4 is 0 Å². The zero-order chi connectivity index (χ0) is 13.0. The van der Waals surface area contributed by atoms with Gasteiger partial charge in [0.15, 0.2) is 0 Å². The summed E-state index contributed by atoms with van der Waals surface area (Å²) in [4.78, 5) is 0. The molecule has 0 aliphatic carbocycles. The maximum absolute atomic E-state index is 13.4. The number of benzene rings is 2. The van der Waals surface area contributed by atoms with E-state index in [-0.39, 0.29) is 5.82 Å². The van der Waals surface area contributed by atoms with Crippen molar-refractivity contribution in [1.82, 2.24) is 5.32 Å². The van der Waals surface area contributed by atoms with Gasteiger partial charge in [-0.1, -0.05) is 36.4 Å². The van der Waals surface area contributed by atoms with Crippen LogP contribution < -0.4 is 5.32 Å². The Bertz CT molecular complexity index is 534. The van der Waals surface area contributed by atoms with E-state index in [1.54, 1.807) is 6.07 Å². The van der Waals surface area contributed by atoms with Crippen LogP contribution in [0.5, 0.6) is 0 Å². The van der Waals surface area contributed by atoms with Crippen molar-refractivity contribution in [1.29, 1.82) is 0 Å². The third kappa shape index (κ3) is 2.96. The SMILES string of the molecule is Cc1cccc(CNCc2ccccc2F)c1C. The Labute approximate surface area is 108 Å². The Morgan fingerprint density at radius 3 is 2.33 bits per heavy atom. The van der Waals surface area contributed by atoms with Gasteiger partial charge < -0.3 is 5.32 Å². The molecule has 0 aromatic heterocycles. The van der Waals surface area contributed by atoms with Gasteiger partial charge in [-0.15, -0.1) is 0 Å². The number of hydrogen-bond donors (Lipinski definition) is 1. The second kappa shape index (κ2) is 5.78. The first kappa shape index (κ1) is 12.8. The van der Waals surface area contributed by atoms with Crippen molar-refractivity contribution < 1.29 is 4.39 Å². The second-order valence-corrected chi connectivity index (χ2v) is 4.55. The van der Waals surface area contributed by atoms with Gasteiger partial charge in [0.05, 0.1) is 0 Å². The molecule has 94 valence electrons. The smallest absolute Gasteiger partial charge is 0.127 e. The summed E-state index contributed by atoms with van der Waals surface area (Å²) >= 11 is 0. The molecule has 0 saturated carbocycles. The van der Waals surface area contributed by atoms with Crippen LogP contribution in [0.1, 0.15) is 22.3 Å². The molecule has 0 spiro atoms. The number of rotatable bonds is 4. The fraction of sp³-hybridized carbons (Fsp3) is 0.250. The Morgan fingerprint density at radius 1 is 0.889 bits per heavy atom. The van der Waals surface area contributed by atoms with Crippen LogP contribution in [-0.2, 0) is 13.1 Å². The summed E-state index contributed by atoms with van der Waals surface area (Å²) in [7, 11) is 0. The van der Waals surface area contributed by atoms with E-state index in [0.29, 0.717) is 12.1 Å². The molecule has 0 aliphatic rings. The second-order valence-electron chi connectivity index (χ2n) is 4.55. The number of nitrogens with one attached hydrogen (secondary N) is 1. The highest BCUT2D eigenvalue weighted by atomic mass is 19.1. The van der Waals surface area contributed by atoms with Crippen molar-refractivity contribution in [3.63, 3.8) is 0 Å². The summed E-state index contributed by atoms with van der Waals surface area (Å²) in [5.41, 5.74) is 4.58. The summed E-state index contributed by atoms with van der Waals surface area (Å²) in [5.74, 6) is -0.147. The van der Waals surface area contributed by atoms with Crippen molar-refractivity contribution in [2.45, 2.75) is 26.9 Å². The molecule has 0 radical (unpaired) electrons. The molecule has 2 rings (SSSR count). The van der Waals surface area contributed by atoms with E-state index in [9.17, 15) is 4.39 Å². The average molecular weight is 243 g/mol. The molecule has 2 heteroatoms. The van der Waals surface area contributed by atoms with Crippen LogP contribution in [-0.4, -0.2) is 0 Å². The third-order valence-corrected chi connectivity index (χ3v) is 3.31. The molecule has 0 saturated heterocycles. The monoisotopic (exact) mass is 243 g/mol. The lowest BCUT2D eigenvalue weighted by Gasteiger charge is -2.10. The van der Waals surface area contributed by atoms with E-state index in [4.69, 9.17) is 0 Å². The van der Waals surface area contributed by atoms with E-state index < -0.39 is 0 Å². The predicted molar refractivity (Wildman–Crippen MR) is 72.9 cm³/mol. The van der Waals surface area contributed by atoms with Gasteiger partial charge >= 0.3 is 0 Å². The van der Waals surface area contributed by atoms with Gasteiger partial charge in [-0.3, -0.25) is 0 Å². The standard InChI is InChI=1S/C16H18FN/c1-12-6-5-8-14(13(12)2)10-18-11-15-7-3-4-9-16(15)17/h3-9,18H,10-11H2,1-2H3. The molecular formula is C16H18FN. The first-order valence-corrected chi connectivity index (χ1v) is 6.17. The van der Waals surface area contributed by atoms with E-state index in [1.165, 1.54) is 22.8 Å². The molecule has 0 heterocycles. The Hall–Kier alpha value is -1.67. The van der Waals surface area contributed by atoms with Gasteiger partial charge in [-0.25, -0.2) is 4.39 Å². The summed E-state index contributed by atoms with van der Waals surface area (Å²) in [6, 6.07) is 13.1. The highest BCUT2D eigenvalue weighted by Gasteiger charge is 2.02. The summed E-state index contributed by atoms with van der Waals surface area (Å²) in [6.45, 7) is 5.55. The minimum Gasteiger partial charge on any atom is -0.309 e. The third-order valence-electron chi connectivity index (χ3n) is 3.31. The fourth-order valence-electron chi connectivity index (χ4n) is 1.98. The first-order valence-electron chi connectivity index (χ1n) is 6.17. The lowest BCUT2D eigenvalue weighted by atomic mass is 10.0. The van der Waals surface area contributed by atoms with Crippen LogP contribution in [0, 0.1) is 19.7 Å². The predicted octanol–water partition coefficient (Wildman–Crippen LogP) is 3.73. The summed E-state index contributed by atoms with van der Waals surface area (Å²) in [5, 5.41) is 3.29. The van der Waals surface area contributed by atoms with Crippen LogP contribution in [0.25, 0.3) is 0 Å². The van der Waals surface area contributed by atoms with Crippen LogP contribution >= 0.6 is 0 Å². The quantitative estimate of drug-likeness (QED) is 0.862. The van der Waals surface area contributed by atoms with E-state index in [2.05, 4.69) is 37.4 Å². The fourth-order valence-corrected chi connectivity index (χ4v) is 1.98. The normalized spacial score (nSPS) is 10.6. The highest BCUT2D eigenvalue weighted by molar-refractivity contribution is 5.33. The Kier molecular flexibility index (Phi) is 4.11. The van der Waals surface area contributed by atoms with Gasteiger partial charge in [0.25, 0.3) is 0 Å². The molecule has 1 nitrogen and oxygen atoms in total. The van der Waals surface area contributed by atoms with Crippen molar-refractivity contribution in [2.24, 2.45) is 0 Å². The van der Waals surface area contributed by atoms with Crippen LogP contribution in [0.4, 0.5) is 4.39 Å². The summed E-state index contributed by atoms with van der Waals surface area (Å²) < 4.78 is 13.4. The maximum atomic E-state index is 13.4. The van der Waals surface area contributed by atoms with Crippen LogP contribution in [0.15, 0.2) is 42.5 Å². The van der Waals surface area contributed by atoms with Crippen LogP contribution in [0.3, 0.4) is 0 Å². The lowest BCUT2D eigenvalue weighted by Crippen LogP contribution is -2.14. The minimum atomic E-state index is -0.147. The van der Waals surface area contributed by atoms with Crippen molar-refractivity contribution in [2.75, 3.05) is 0 Å². The number of aryl methyl sites for hydroxylation is 1. The molecule has 0 amide bonds. The van der Waals surface area contributed by atoms with Gasteiger partial charge in [-0.2, -0.15) is 0 Å². The minimum absolute atomic E-state index is 0.147. The van der Waals surface area contributed by atoms with Gasteiger partial charge in [0.1, 0.15) is 5.82 Å². The molecule has 1 N–H and O–H groups in total. The largest absolute Gasteiger partial charge is 0.309 e. The van der Waals surface area contributed by atoms with E-state index in [0.717, 1.165) is 6.54 Å². The van der Waals surface area contributed by atoms with Crippen LogP contribution in [0.2, 0.25) is 0 Å².